The summed E-state index contributed by atoms with van der Waals surface area (Å²) in [4.78, 5) is 27.9. The van der Waals surface area contributed by atoms with Gasteiger partial charge in [0.2, 0.25) is 0 Å². The molecule has 0 radical (unpaired) electrons. The molecule has 0 bridgehead atoms. The van der Waals surface area contributed by atoms with E-state index in [0.717, 1.165) is 5.56 Å². The van der Waals surface area contributed by atoms with E-state index in [1.807, 2.05) is 68.4 Å². The van der Waals surface area contributed by atoms with Gasteiger partial charge in [-0.25, -0.2) is 0 Å². The Hall–Kier alpha value is -4.06. The van der Waals surface area contributed by atoms with Crippen LogP contribution in [0.2, 0.25) is 0 Å². The SMILES string of the molecule is COc1ccc(CN2C(=O)C(=O)/C(=C(\O)c3ccccc3)C2c2cccc(OC(C)C)c2)cc1. The van der Waals surface area contributed by atoms with Crippen LogP contribution in [0.4, 0.5) is 0 Å². The van der Waals surface area contributed by atoms with Gasteiger partial charge < -0.3 is 19.5 Å². The minimum absolute atomic E-state index is 0.0368. The van der Waals surface area contributed by atoms with Crippen LogP contribution in [0.15, 0.2) is 84.4 Å². The molecular formula is C28H27NO5. The first-order valence-electron chi connectivity index (χ1n) is 11.1. The number of carbonyl (C=O) groups is 2. The van der Waals surface area contributed by atoms with E-state index in [0.29, 0.717) is 22.6 Å². The first-order chi connectivity index (χ1) is 16.4. The lowest BCUT2D eigenvalue weighted by atomic mass is 9.95. The number of rotatable bonds is 7. The Morgan fingerprint density at radius 2 is 1.65 bits per heavy atom. The average molecular weight is 458 g/mol. The number of aliphatic hydroxyl groups is 1. The number of hydrogen-bond donors (Lipinski definition) is 1. The number of likely N-dealkylation sites (tertiary alicyclic amines) is 1. The molecule has 1 atom stereocenters. The van der Waals surface area contributed by atoms with Gasteiger partial charge in [0.25, 0.3) is 11.7 Å². The Bertz CT molecular complexity index is 1220. The zero-order valence-corrected chi connectivity index (χ0v) is 19.4. The van der Waals surface area contributed by atoms with E-state index in [1.54, 1.807) is 31.4 Å². The maximum absolute atomic E-state index is 13.2. The minimum Gasteiger partial charge on any atom is -0.507 e. The summed E-state index contributed by atoms with van der Waals surface area (Å²) in [6.07, 6.45) is -0.0368. The smallest absolute Gasteiger partial charge is 0.295 e. The number of carbonyl (C=O) groups excluding carboxylic acids is 2. The van der Waals surface area contributed by atoms with Gasteiger partial charge in [-0.05, 0) is 49.2 Å². The number of hydrogen-bond acceptors (Lipinski definition) is 5. The van der Waals surface area contributed by atoms with E-state index in [9.17, 15) is 14.7 Å². The van der Waals surface area contributed by atoms with E-state index < -0.39 is 17.7 Å². The van der Waals surface area contributed by atoms with Crippen LogP contribution in [0.3, 0.4) is 0 Å². The summed E-state index contributed by atoms with van der Waals surface area (Å²) in [5, 5.41) is 11.1. The van der Waals surface area contributed by atoms with Crippen LogP contribution in [0.25, 0.3) is 5.76 Å². The summed E-state index contributed by atoms with van der Waals surface area (Å²) >= 11 is 0. The molecule has 0 aliphatic carbocycles. The Morgan fingerprint density at radius 3 is 2.29 bits per heavy atom. The highest BCUT2D eigenvalue weighted by Crippen LogP contribution is 2.41. The van der Waals surface area contributed by atoms with Crippen molar-refractivity contribution in [2.75, 3.05) is 7.11 Å². The zero-order valence-electron chi connectivity index (χ0n) is 19.4. The number of methoxy groups -OCH3 is 1. The molecular weight excluding hydrogens is 430 g/mol. The van der Waals surface area contributed by atoms with Gasteiger partial charge in [0.1, 0.15) is 17.3 Å². The molecule has 1 aliphatic heterocycles. The first kappa shape index (κ1) is 23.1. The quantitative estimate of drug-likeness (QED) is 0.303. The average Bonchev–Trinajstić information content (AvgIpc) is 3.09. The van der Waals surface area contributed by atoms with Crippen molar-refractivity contribution in [2.45, 2.75) is 32.5 Å². The topological polar surface area (TPSA) is 76.1 Å². The normalized spacial score (nSPS) is 17.3. The molecule has 3 aromatic rings. The Morgan fingerprint density at radius 1 is 0.941 bits per heavy atom. The van der Waals surface area contributed by atoms with Gasteiger partial charge in [0.15, 0.2) is 0 Å². The Kier molecular flexibility index (Phi) is 6.68. The molecule has 0 spiro atoms. The van der Waals surface area contributed by atoms with E-state index in [-0.39, 0.29) is 24.0 Å². The third-order valence-electron chi connectivity index (χ3n) is 5.64. The maximum atomic E-state index is 13.2. The molecule has 3 aromatic carbocycles. The van der Waals surface area contributed by atoms with Crippen molar-refractivity contribution in [1.29, 1.82) is 0 Å². The molecule has 6 nitrogen and oxygen atoms in total. The monoisotopic (exact) mass is 457 g/mol. The zero-order chi connectivity index (χ0) is 24.2. The Labute approximate surface area is 199 Å². The van der Waals surface area contributed by atoms with Gasteiger partial charge in [-0.15, -0.1) is 0 Å². The van der Waals surface area contributed by atoms with Crippen molar-refractivity contribution in [3.05, 3.63) is 101 Å². The number of ketones is 1. The van der Waals surface area contributed by atoms with Crippen molar-refractivity contribution in [2.24, 2.45) is 0 Å². The van der Waals surface area contributed by atoms with E-state index in [4.69, 9.17) is 9.47 Å². The molecule has 4 rings (SSSR count). The van der Waals surface area contributed by atoms with Crippen LogP contribution in [0.5, 0.6) is 11.5 Å². The van der Waals surface area contributed by atoms with E-state index in [2.05, 4.69) is 0 Å². The fourth-order valence-electron chi connectivity index (χ4n) is 4.10. The number of ether oxygens (including phenoxy) is 2. The summed E-state index contributed by atoms with van der Waals surface area (Å²) in [5.41, 5.74) is 2.06. The summed E-state index contributed by atoms with van der Waals surface area (Å²) < 4.78 is 11.1. The fourth-order valence-corrected chi connectivity index (χ4v) is 4.10. The number of benzene rings is 3. The summed E-state index contributed by atoms with van der Waals surface area (Å²) in [5.74, 6) is -0.243. The van der Waals surface area contributed by atoms with Crippen LogP contribution in [-0.2, 0) is 16.1 Å². The van der Waals surface area contributed by atoms with Crippen molar-refractivity contribution < 1.29 is 24.2 Å². The molecule has 34 heavy (non-hydrogen) atoms. The maximum Gasteiger partial charge on any atom is 0.295 e. The molecule has 1 saturated heterocycles. The molecule has 1 N–H and O–H groups in total. The molecule has 1 aliphatic rings. The fraction of sp³-hybridized carbons (Fsp3) is 0.214. The van der Waals surface area contributed by atoms with Crippen LogP contribution in [0.1, 0.15) is 36.6 Å². The molecule has 1 heterocycles. The predicted octanol–water partition coefficient (Wildman–Crippen LogP) is 5.10. The first-order valence-corrected chi connectivity index (χ1v) is 11.1. The number of Topliss-reactive ketones (excluding diaryl/α,β-unsaturated/α-hetero) is 1. The van der Waals surface area contributed by atoms with Gasteiger partial charge in [0.05, 0.1) is 24.8 Å². The van der Waals surface area contributed by atoms with Crippen LogP contribution >= 0.6 is 0 Å². The van der Waals surface area contributed by atoms with Gasteiger partial charge >= 0.3 is 0 Å². The highest BCUT2D eigenvalue weighted by Gasteiger charge is 2.46. The van der Waals surface area contributed by atoms with Crippen LogP contribution < -0.4 is 9.47 Å². The summed E-state index contributed by atoms with van der Waals surface area (Å²) in [7, 11) is 1.59. The van der Waals surface area contributed by atoms with Gasteiger partial charge in [-0.2, -0.15) is 0 Å². The van der Waals surface area contributed by atoms with Crippen LogP contribution in [-0.4, -0.2) is 34.9 Å². The van der Waals surface area contributed by atoms with Crippen molar-refractivity contribution >= 4 is 17.4 Å². The largest absolute Gasteiger partial charge is 0.507 e. The number of aliphatic hydroxyl groups excluding tert-OH is 1. The summed E-state index contributed by atoms with van der Waals surface area (Å²) in [6.45, 7) is 4.05. The van der Waals surface area contributed by atoms with Gasteiger partial charge in [-0.3, -0.25) is 9.59 Å². The third kappa shape index (κ3) is 4.66. The van der Waals surface area contributed by atoms with Crippen molar-refractivity contribution in [3.63, 3.8) is 0 Å². The van der Waals surface area contributed by atoms with E-state index in [1.165, 1.54) is 4.90 Å². The molecule has 1 unspecified atom stereocenters. The molecule has 6 heteroatoms. The lowest BCUT2D eigenvalue weighted by Crippen LogP contribution is -2.29. The highest BCUT2D eigenvalue weighted by atomic mass is 16.5. The highest BCUT2D eigenvalue weighted by molar-refractivity contribution is 6.46. The van der Waals surface area contributed by atoms with Crippen LogP contribution in [0, 0.1) is 0 Å². The lowest BCUT2D eigenvalue weighted by Gasteiger charge is -2.26. The second kappa shape index (κ2) is 9.83. The summed E-state index contributed by atoms with van der Waals surface area (Å²) in [6, 6.07) is 22.6. The predicted molar refractivity (Wildman–Crippen MR) is 129 cm³/mol. The molecule has 0 aromatic heterocycles. The standard InChI is InChI=1S/C28H27NO5/c1-18(2)34-23-11-7-10-21(16-23)25-24(26(30)20-8-5-4-6-9-20)27(31)28(32)29(25)17-19-12-14-22(33-3)15-13-19/h4-16,18,25,30H,17H2,1-3H3/b26-24-. The van der Waals surface area contributed by atoms with Crippen molar-refractivity contribution in [3.8, 4) is 11.5 Å². The van der Waals surface area contributed by atoms with E-state index >= 15 is 0 Å². The van der Waals surface area contributed by atoms with Crippen molar-refractivity contribution in [1.82, 2.24) is 4.90 Å². The molecule has 1 fully saturated rings. The second-order valence-electron chi connectivity index (χ2n) is 8.38. The second-order valence-corrected chi connectivity index (χ2v) is 8.38. The molecule has 174 valence electrons. The third-order valence-corrected chi connectivity index (χ3v) is 5.64. The van der Waals surface area contributed by atoms with Gasteiger partial charge in [-0.1, -0.05) is 54.6 Å². The Balaban J connectivity index is 1.82. The lowest BCUT2D eigenvalue weighted by molar-refractivity contribution is -0.140. The molecule has 0 saturated carbocycles. The van der Waals surface area contributed by atoms with Gasteiger partial charge in [0, 0.05) is 12.1 Å². The molecule has 1 amide bonds. The minimum atomic E-state index is -0.766. The number of nitrogens with zero attached hydrogens (tertiary/aromatic N) is 1. The number of amides is 1.